The van der Waals surface area contributed by atoms with E-state index in [1.807, 2.05) is 13.0 Å². The standard InChI is InChI=1S/C22H21N3O5S/c1-15-6-5-8-19(12-15)24-31(29,30)21-14-18(11-10-16(21)2)23-22(26)13-17-7-3-4-9-20(17)25(27)28/h3-12,14,24H,13H2,1-2H3,(H,23,26). The van der Waals surface area contributed by atoms with Crippen LogP contribution in [0.15, 0.2) is 71.6 Å². The molecule has 0 saturated heterocycles. The van der Waals surface area contributed by atoms with E-state index in [2.05, 4.69) is 10.0 Å². The van der Waals surface area contributed by atoms with Crippen molar-refractivity contribution in [1.29, 1.82) is 0 Å². The summed E-state index contributed by atoms with van der Waals surface area (Å²) in [5.74, 6) is -0.492. The lowest BCUT2D eigenvalue weighted by atomic mass is 10.1. The molecule has 0 aliphatic carbocycles. The molecule has 160 valence electrons. The summed E-state index contributed by atoms with van der Waals surface area (Å²) < 4.78 is 28.3. The zero-order chi connectivity index (χ0) is 22.6. The number of nitro benzene ring substituents is 1. The van der Waals surface area contributed by atoms with E-state index >= 15 is 0 Å². The number of anilines is 2. The number of nitrogens with one attached hydrogen (secondary N) is 2. The van der Waals surface area contributed by atoms with Crippen LogP contribution in [-0.4, -0.2) is 19.2 Å². The van der Waals surface area contributed by atoms with Gasteiger partial charge in [0, 0.05) is 23.0 Å². The minimum absolute atomic E-state index is 0.0255. The second-order valence-corrected chi connectivity index (χ2v) is 8.72. The van der Waals surface area contributed by atoms with Crippen molar-refractivity contribution in [1.82, 2.24) is 0 Å². The smallest absolute Gasteiger partial charge is 0.273 e. The largest absolute Gasteiger partial charge is 0.326 e. The molecule has 9 heteroatoms. The number of carbonyl (C=O) groups is 1. The number of rotatable bonds is 7. The Kier molecular flexibility index (Phi) is 6.36. The molecule has 2 N–H and O–H groups in total. The van der Waals surface area contributed by atoms with Crippen molar-refractivity contribution in [2.24, 2.45) is 0 Å². The lowest BCUT2D eigenvalue weighted by Crippen LogP contribution is -2.17. The number of amides is 1. The van der Waals surface area contributed by atoms with Gasteiger partial charge in [0.15, 0.2) is 0 Å². The van der Waals surface area contributed by atoms with Crippen LogP contribution in [-0.2, 0) is 21.2 Å². The molecule has 0 saturated carbocycles. The van der Waals surface area contributed by atoms with Crippen LogP contribution in [0, 0.1) is 24.0 Å². The molecule has 3 aromatic rings. The molecule has 0 heterocycles. The molecule has 1 amide bonds. The third-order valence-corrected chi connectivity index (χ3v) is 6.09. The average molecular weight is 439 g/mol. The Hall–Kier alpha value is -3.72. The summed E-state index contributed by atoms with van der Waals surface area (Å²) >= 11 is 0. The molecule has 8 nitrogen and oxygen atoms in total. The third kappa shape index (κ3) is 5.46. The number of para-hydroxylation sites is 1. The number of hydrogen-bond donors (Lipinski definition) is 2. The number of nitrogens with zero attached hydrogens (tertiary/aromatic N) is 1. The van der Waals surface area contributed by atoms with Gasteiger partial charge in [0.25, 0.3) is 15.7 Å². The zero-order valence-corrected chi connectivity index (χ0v) is 17.8. The van der Waals surface area contributed by atoms with E-state index in [0.717, 1.165) is 5.56 Å². The van der Waals surface area contributed by atoms with E-state index in [4.69, 9.17) is 0 Å². The van der Waals surface area contributed by atoms with Gasteiger partial charge in [-0.2, -0.15) is 0 Å². The lowest BCUT2D eigenvalue weighted by Gasteiger charge is -2.13. The Labute approximate surface area is 180 Å². The van der Waals surface area contributed by atoms with Gasteiger partial charge in [-0.1, -0.05) is 36.4 Å². The number of nitro groups is 1. The van der Waals surface area contributed by atoms with Crippen LogP contribution in [0.3, 0.4) is 0 Å². The van der Waals surface area contributed by atoms with Crippen LogP contribution in [0.2, 0.25) is 0 Å². The molecule has 0 bridgehead atoms. The molecular weight excluding hydrogens is 418 g/mol. The summed E-state index contributed by atoms with van der Waals surface area (Å²) in [5.41, 5.74) is 2.26. The Morgan fingerprint density at radius 1 is 0.968 bits per heavy atom. The van der Waals surface area contributed by atoms with Crippen molar-refractivity contribution in [3.63, 3.8) is 0 Å². The summed E-state index contributed by atoms with van der Waals surface area (Å²) in [6.45, 7) is 3.51. The molecule has 0 aliphatic rings. The molecule has 3 rings (SSSR count). The van der Waals surface area contributed by atoms with Gasteiger partial charge in [-0.05, 0) is 49.2 Å². The maximum absolute atomic E-state index is 12.9. The molecule has 0 atom stereocenters. The molecule has 0 aromatic heterocycles. The minimum atomic E-state index is -3.89. The Morgan fingerprint density at radius 3 is 2.42 bits per heavy atom. The Bertz CT molecular complexity index is 1260. The highest BCUT2D eigenvalue weighted by Crippen LogP contribution is 2.24. The molecule has 0 fully saturated rings. The summed E-state index contributed by atoms with van der Waals surface area (Å²) in [4.78, 5) is 23.0. The van der Waals surface area contributed by atoms with Gasteiger partial charge >= 0.3 is 0 Å². The van der Waals surface area contributed by atoms with Crippen molar-refractivity contribution >= 4 is 33.0 Å². The molecule has 0 spiro atoms. The van der Waals surface area contributed by atoms with Gasteiger partial charge in [-0.15, -0.1) is 0 Å². The maximum Gasteiger partial charge on any atom is 0.273 e. The Balaban J connectivity index is 1.81. The van der Waals surface area contributed by atoms with Gasteiger partial charge in [-0.25, -0.2) is 8.42 Å². The van der Waals surface area contributed by atoms with Crippen LogP contribution in [0.5, 0.6) is 0 Å². The van der Waals surface area contributed by atoms with Crippen LogP contribution in [0.25, 0.3) is 0 Å². The van der Waals surface area contributed by atoms with Gasteiger partial charge in [0.2, 0.25) is 5.91 Å². The van der Waals surface area contributed by atoms with Gasteiger partial charge < -0.3 is 5.32 Å². The number of hydrogen-bond acceptors (Lipinski definition) is 5. The van der Waals surface area contributed by atoms with E-state index in [1.165, 1.54) is 24.3 Å². The predicted octanol–water partition coefficient (Wildman–Crippen LogP) is 4.19. The monoisotopic (exact) mass is 439 g/mol. The Morgan fingerprint density at radius 2 is 1.71 bits per heavy atom. The normalized spacial score (nSPS) is 11.0. The second kappa shape index (κ2) is 8.97. The van der Waals surface area contributed by atoms with Crippen molar-refractivity contribution in [3.8, 4) is 0 Å². The molecule has 3 aromatic carbocycles. The third-order valence-electron chi connectivity index (χ3n) is 4.57. The fourth-order valence-electron chi connectivity index (χ4n) is 3.10. The van der Waals surface area contributed by atoms with Gasteiger partial charge in [0.05, 0.1) is 16.2 Å². The SMILES string of the molecule is Cc1cccc(NS(=O)(=O)c2cc(NC(=O)Cc3ccccc3[N+](=O)[O-])ccc2C)c1. The first kappa shape index (κ1) is 22.0. The van der Waals surface area contributed by atoms with E-state index in [1.54, 1.807) is 43.3 Å². The van der Waals surface area contributed by atoms with Gasteiger partial charge in [-0.3, -0.25) is 19.6 Å². The highest BCUT2D eigenvalue weighted by Gasteiger charge is 2.19. The van der Waals surface area contributed by atoms with Crippen LogP contribution in [0.4, 0.5) is 17.1 Å². The first-order valence-corrected chi connectivity index (χ1v) is 10.9. The van der Waals surface area contributed by atoms with E-state index in [0.29, 0.717) is 11.3 Å². The number of aryl methyl sites for hydroxylation is 2. The maximum atomic E-state index is 12.9. The second-order valence-electron chi connectivity index (χ2n) is 7.07. The molecule has 0 unspecified atom stereocenters. The van der Waals surface area contributed by atoms with Crippen molar-refractivity contribution in [2.45, 2.75) is 25.2 Å². The molecule has 0 radical (unpaired) electrons. The topological polar surface area (TPSA) is 118 Å². The fraction of sp³-hybridized carbons (Fsp3) is 0.136. The highest BCUT2D eigenvalue weighted by atomic mass is 32.2. The molecule has 0 aliphatic heterocycles. The fourth-order valence-corrected chi connectivity index (χ4v) is 4.42. The van der Waals surface area contributed by atoms with E-state index < -0.39 is 20.9 Å². The van der Waals surface area contributed by atoms with Crippen molar-refractivity contribution in [3.05, 3.63) is 93.5 Å². The first-order valence-electron chi connectivity index (χ1n) is 9.38. The number of carbonyl (C=O) groups excluding carboxylic acids is 1. The van der Waals surface area contributed by atoms with E-state index in [9.17, 15) is 23.3 Å². The quantitative estimate of drug-likeness (QED) is 0.423. The van der Waals surface area contributed by atoms with Crippen molar-refractivity contribution in [2.75, 3.05) is 10.0 Å². The minimum Gasteiger partial charge on any atom is -0.326 e. The average Bonchev–Trinajstić information content (AvgIpc) is 2.69. The number of sulfonamides is 1. The highest BCUT2D eigenvalue weighted by molar-refractivity contribution is 7.92. The van der Waals surface area contributed by atoms with Crippen LogP contribution < -0.4 is 10.0 Å². The predicted molar refractivity (Wildman–Crippen MR) is 119 cm³/mol. The van der Waals surface area contributed by atoms with Crippen LogP contribution >= 0.6 is 0 Å². The zero-order valence-electron chi connectivity index (χ0n) is 17.0. The summed E-state index contributed by atoms with van der Waals surface area (Å²) in [5, 5.41) is 13.7. The lowest BCUT2D eigenvalue weighted by molar-refractivity contribution is -0.385. The van der Waals surface area contributed by atoms with Crippen molar-refractivity contribution < 1.29 is 18.1 Å². The van der Waals surface area contributed by atoms with E-state index in [-0.39, 0.29) is 28.3 Å². The molecule has 31 heavy (non-hydrogen) atoms. The number of benzene rings is 3. The summed E-state index contributed by atoms with van der Waals surface area (Å²) in [6.07, 6.45) is -0.214. The first-order chi connectivity index (χ1) is 14.7. The molecular formula is C22H21N3O5S. The summed E-state index contributed by atoms with van der Waals surface area (Å²) in [7, 11) is -3.89. The van der Waals surface area contributed by atoms with Crippen LogP contribution in [0.1, 0.15) is 16.7 Å². The summed E-state index contributed by atoms with van der Waals surface area (Å²) in [6, 6.07) is 17.5. The van der Waals surface area contributed by atoms with Gasteiger partial charge in [0.1, 0.15) is 0 Å².